The van der Waals surface area contributed by atoms with Gasteiger partial charge in [0.2, 0.25) is 0 Å². The standard InChI is InChI=1S/C12H13N3O3/c1-17-11(16)12(6-18-7-12)10-14-5-9(15-10)8-3-2-4-13-8/h2-5,13H,6-7H2,1H3,(H,14,15). The third-order valence-corrected chi connectivity index (χ3v) is 3.19. The third-order valence-electron chi connectivity index (χ3n) is 3.19. The highest BCUT2D eigenvalue weighted by Gasteiger charge is 2.51. The number of methoxy groups -OCH3 is 1. The van der Waals surface area contributed by atoms with Crippen molar-refractivity contribution >= 4 is 5.97 Å². The number of carbonyl (C=O) groups excluding carboxylic acids is 1. The molecule has 2 aromatic rings. The minimum Gasteiger partial charge on any atom is -0.468 e. The molecule has 0 aliphatic carbocycles. The van der Waals surface area contributed by atoms with Crippen LogP contribution >= 0.6 is 0 Å². The monoisotopic (exact) mass is 247 g/mol. The normalized spacial score (nSPS) is 17.2. The summed E-state index contributed by atoms with van der Waals surface area (Å²) >= 11 is 0. The minimum atomic E-state index is -0.778. The second-order valence-corrected chi connectivity index (χ2v) is 4.30. The number of aromatic nitrogens is 3. The summed E-state index contributed by atoms with van der Waals surface area (Å²) in [7, 11) is 1.37. The van der Waals surface area contributed by atoms with E-state index in [-0.39, 0.29) is 5.97 Å². The minimum absolute atomic E-state index is 0.303. The Morgan fingerprint density at radius 3 is 2.89 bits per heavy atom. The van der Waals surface area contributed by atoms with E-state index in [0.717, 1.165) is 11.4 Å². The van der Waals surface area contributed by atoms with Gasteiger partial charge < -0.3 is 19.4 Å². The molecule has 3 rings (SSSR count). The number of aromatic amines is 2. The summed E-state index contributed by atoms with van der Waals surface area (Å²) in [5.74, 6) is 0.270. The van der Waals surface area contributed by atoms with Gasteiger partial charge in [0.05, 0.1) is 37.9 Å². The molecule has 2 aromatic heterocycles. The van der Waals surface area contributed by atoms with E-state index < -0.39 is 5.41 Å². The average Bonchev–Trinajstić information content (AvgIpc) is 2.97. The van der Waals surface area contributed by atoms with Crippen LogP contribution in [0.3, 0.4) is 0 Å². The molecule has 6 nitrogen and oxygen atoms in total. The van der Waals surface area contributed by atoms with Crippen LogP contribution in [0, 0.1) is 0 Å². The fourth-order valence-corrected chi connectivity index (χ4v) is 2.05. The molecule has 18 heavy (non-hydrogen) atoms. The molecule has 0 amide bonds. The zero-order chi connectivity index (χ0) is 12.6. The van der Waals surface area contributed by atoms with Crippen molar-refractivity contribution in [3.8, 4) is 11.4 Å². The Hall–Kier alpha value is -2.08. The molecule has 94 valence electrons. The van der Waals surface area contributed by atoms with E-state index in [1.54, 1.807) is 6.20 Å². The molecule has 0 spiro atoms. The lowest BCUT2D eigenvalue weighted by Crippen LogP contribution is -2.54. The van der Waals surface area contributed by atoms with E-state index in [0.29, 0.717) is 19.0 Å². The molecule has 1 aliphatic heterocycles. The maximum Gasteiger partial charge on any atom is 0.324 e. The Balaban J connectivity index is 1.95. The number of esters is 1. The number of hydrogen-bond acceptors (Lipinski definition) is 4. The van der Waals surface area contributed by atoms with Gasteiger partial charge in [-0.05, 0) is 12.1 Å². The summed E-state index contributed by atoms with van der Waals surface area (Å²) in [6, 6.07) is 3.83. The van der Waals surface area contributed by atoms with Crippen molar-refractivity contribution in [1.82, 2.24) is 15.0 Å². The lowest BCUT2D eigenvalue weighted by molar-refractivity contribution is -0.167. The molecule has 3 heterocycles. The van der Waals surface area contributed by atoms with Crippen molar-refractivity contribution in [1.29, 1.82) is 0 Å². The van der Waals surface area contributed by atoms with Crippen molar-refractivity contribution < 1.29 is 14.3 Å². The number of H-pyrrole nitrogens is 2. The second kappa shape index (κ2) is 3.99. The van der Waals surface area contributed by atoms with E-state index in [4.69, 9.17) is 9.47 Å². The zero-order valence-electron chi connectivity index (χ0n) is 9.90. The first kappa shape index (κ1) is 11.0. The van der Waals surface area contributed by atoms with Crippen molar-refractivity contribution in [3.63, 3.8) is 0 Å². The third kappa shape index (κ3) is 1.46. The predicted octanol–water partition coefficient (Wildman–Crippen LogP) is 0.846. The fraction of sp³-hybridized carbons (Fsp3) is 0.333. The molecule has 0 unspecified atom stereocenters. The van der Waals surface area contributed by atoms with Crippen molar-refractivity contribution in [2.45, 2.75) is 5.41 Å². The first-order chi connectivity index (χ1) is 8.76. The summed E-state index contributed by atoms with van der Waals surface area (Å²) in [6.07, 6.45) is 3.53. The Bertz CT molecular complexity index is 555. The highest BCUT2D eigenvalue weighted by atomic mass is 16.5. The van der Waals surface area contributed by atoms with Crippen molar-refractivity contribution in [2.24, 2.45) is 0 Å². The molecule has 1 aliphatic rings. The first-order valence-corrected chi connectivity index (χ1v) is 5.62. The number of ether oxygens (including phenoxy) is 2. The highest BCUT2D eigenvalue weighted by Crippen LogP contribution is 2.32. The van der Waals surface area contributed by atoms with Crippen LogP contribution in [-0.2, 0) is 19.7 Å². The second-order valence-electron chi connectivity index (χ2n) is 4.30. The number of nitrogens with zero attached hydrogens (tertiary/aromatic N) is 1. The van der Waals surface area contributed by atoms with Crippen LogP contribution in [0.15, 0.2) is 24.5 Å². The number of rotatable bonds is 3. The SMILES string of the molecule is COC(=O)C1(c2ncc(-c3ccc[nH]3)[nH]2)COC1. The summed E-state index contributed by atoms with van der Waals surface area (Å²) < 4.78 is 9.97. The summed E-state index contributed by atoms with van der Waals surface area (Å²) in [6.45, 7) is 0.606. The topological polar surface area (TPSA) is 80.0 Å². The molecule has 0 radical (unpaired) electrons. The molecular weight excluding hydrogens is 234 g/mol. The van der Waals surface area contributed by atoms with Crippen LogP contribution in [0.25, 0.3) is 11.4 Å². The quantitative estimate of drug-likeness (QED) is 0.788. The van der Waals surface area contributed by atoms with Gasteiger partial charge >= 0.3 is 5.97 Å². The van der Waals surface area contributed by atoms with Crippen LogP contribution < -0.4 is 0 Å². The molecule has 0 bridgehead atoms. The lowest BCUT2D eigenvalue weighted by Gasteiger charge is -2.36. The van der Waals surface area contributed by atoms with Gasteiger partial charge in [-0.3, -0.25) is 4.79 Å². The van der Waals surface area contributed by atoms with Gasteiger partial charge in [0, 0.05) is 6.20 Å². The summed E-state index contributed by atoms with van der Waals surface area (Å²) in [5.41, 5.74) is 0.985. The fourth-order valence-electron chi connectivity index (χ4n) is 2.05. The molecule has 0 saturated carbocycles. The van der Waals surface area contributed by atoms with Gasteiger partial charge in [-0.1, -0.05) is 0 Å². The molecule has 2 N–H and O–H groups in total. The molecule has 1 saturated heterocycles. The Kier molecular flexibility index (Phi) is 2.45. The smallest absolute Gasteiger partial charge is 0.324 e. The van der Waals surface area contributed by atoms with Crippen molar-refractivity contribution in [2.75, 3.05) is 20.3 Å². The molecular formula is C12H13N3O3. The van der Waals surface area contributed by atoms with E-state index in [2.05, 4.69) is 15.0 Å². The first-order valence-electron chi connectivity index (χ1n) is 5.62. The van der Waals surface area contributed by atoms with Crippen LogP contribution in [0.5, 0.6) is 0 Å². The number of nitrogens with one attached hydrogen (secondary N) is 2. The number of hydrogen-bond donors (Lipinski definition) is 2. The molecule has 0 atom stereocenters. The molecule has 1 fully saturated rings. The Morgan fingerprint density at radius 2 is 2.33 bits per heavy atom. The zero-order valence-corrected chi connectivity index (χ0v) is 9.90. The largest absolute Gasteiger partial charge is 0.468 e. The Morgan fingerprint density at radius 1 is 1.50 bits per heavy atom. The maximum absolute atomic E-state index is 11.8. The average molecular weight is 247 g/mol. The van der Waals surface area contributed by atoms with E-state index in [9.17, 15) is 4.79 Å². The molecule has 6 heteroatoms. The van der Waals surface area contributed by atoms with Crippen LogP contribution in [0.4, 0.5) is 0 Å². The number of imidazole rings is 1. The lowest BCUT2D eigenvalue weighted by atomic mass is 9.85. The van der Waals surface area contributed by atoms with Gasteiger partial charge in [-0.15, -0.1) is 0 Å². The summed E-state index contributed by atoms with van der Waals surface area (Å²) in [5, 5.41) is 0. The van der Waals surface area contributed by atoms with Gasteiger partial charge in [-0.25, -0.2) is 4.98 Å². The van der Waals surface area contributed by atoms with Crippen molar-refractivity contribution in [3.05, 3.63) is 30.4 Å². The van der Waals surface area contributed by atoms with Gasteiger partial charge in [0.15, 0.2) is 5.41 Å². The molecule has 0 aromatic carbocycles. The van der Waals surface area contributed by atoms with Crippen LogP contribution in [-0.4, -0.2) is 41.2 Å². The Labute approximate surface area is 103 Å². The van der Waals surface area contributed by atoms with E-state index in [1.165, 1.54) is 7.11 Å². The van der Waals surface area contributed by atoms with Crippen LogP contribution in [0.2, 0.25) is 0 Å². The van der Waals surface area contributed by atoms with Gasteiger partial charge in [-0.2, -0.15) is 0 Å². The summed E-state index contributed by atoms with van der Waals surface area (Å²) in [4.78, 5) is 22.4. The van der Waals surface area contributed by atoms with E-state index in [1.807, 2.05) is 18.3 Å². The van der Waals surface area contributed by atoms with Crippen LogP contribution in [0.1, 0.15) is 5.82 Å². The highest BCUT2D eigenvalue weighted by molar-refractivity contribution is 5.83. The van der Waals surface area contributed by atoms with E-state index >= 15 is 0 Å². The maximum atomic E-state index is 11.8. The number of carbonyl (C=O) groups is 1. The van der Waals surface area contributed by atoms with Gasteiger partial charge in [0.1, 0.15) is 5.82 Å². The predicted molar refractivity (Wildman–Crippen MR) is 62.9 cm³/mol. The van der Waals surface area contributed by atoms with Gasteiger partial charge in [0.25, 0.3) is 0 Å².